The van der Waals surface area contributed by atoms with Crippen molar-refractivity contribution in [2.24, 2.45) is 0 Å². The Kier molecular flexibility index (Phi) is 7.23. The molecule has 0 bridgehead atoms. The van der Waals surface area contributed by atoms with Crippen LogP contribution in [0.15, 0.2) is 53.6 Å². The third kappa shape index (κ3) is 6.07. The van der Waals surface area contributed by atoms with Gasteiger partial charge in [0.2, 0.25) is 0 Å². The number of hydrogen-bond donors (Lipinski definition) is 2. The minimum Gasteiger partial charge on any atom is -0.309 e. The van der Waals surface area contributed by atoms with Gasteiger partial charge in [0.15, 0.2) is 12.4 Å². The largest absolute Gasteiger partial charge is 0.471 e. The zero-order chi connectivity index (χ0) is 27.0. The summed E-state index contributed by atoms with van der Waals surface area (Å²) in [6.45, 7) is -0.922. The van der Waals surface area contributed by atoms with Gasteiger partial charge in [-0.15, -0.1) is 0 Å². The molecule has 192 valence electrons. The fraction of sp³-hybridized carbons (Fsp3) is 0.182. The molecular formula is C22H16ClF3N5O5P. The lowest BCUT2D eigenvalue weighted by Crippen LogP contribution is -2.28. The van der Waals surface area contributed by atoms with Gasteiger partial charge in [-0.05, 0) is 42.0 Å². The Labute approximate surface area is 211 Å². The van der Waals surface area contributed by atoms with Gasteiger partial charge < -0.3 is 14.4 Å². The molecule has 0 fully saturated rings. The van der Waals surface area contributed by atoms with Crippen molar-refractivity contribution >= 4 is 30.5 Å². The van der Waals surface area contributed by atoms with Crippen LogP contribution in [0.5, 0.6) is 0 Å². The molecule has 0 aliphatic rings. The first kappa shape index (κ1) is 26.5. The number of fused-ring (bicyclic) bond motifs is 1. The summed E-state index contributed by atoms with van der Waals surface area (Å²) >= 11 is 5.98. The molecule has 0 saturated heterocycles. The van der Waals surface area contributed by atoms with Gasteiger partial charge in [0.25, 0.3) is 5.56 Å². The predicted molar refractivity (Wildman–Crippen MR) is 124 cm³/mol. The first-order chi connectivity index (χ1) is 17.4. The van der Waals surface area contributed by atoms with Crippen molar-refractivity contribution in [3.8, 4) is 6.07 Å². The van der Waals surface area contributed by atoms with Gasteiger partial charge in [0.05, 0.1) is 29.4 Å². The van der Waals surface area contributed by atoms with E-state index in [0.29, 0.717) is 5.39 Å². The van der Waals surface area contributed by atoms with Crippen LogP contribution in [-0.2, 0) is 35.0 Å². The molecule has 0 aliphatic carbocycles. The highest BCUT2D eigenvalue weighted by atomic mass is 35.5. The molecule has 0 amide bonds. The maximum Gasteiger partial charge on any atom is 0.471 e. The van der Waals surface area contributed by atoms with Crippen molar-refractivity contribution in [3.05, 3.63) is 92.1 Å². The fourth-order valence-electron chi connectivity index (χ4n) is 3.78. The highest BCUT2D eigenvalue weighted by Gasteiger charge is 2.35. The highest BCUT2D eigenvalue weighted by Crippen LogP contribution is 2.36. The van der Waals surface area contributed by atoms with Crippen LogP contribution in [-0.4, -0.2) is 29.1 Å². The Hall–Kier alpha value is -3.53. The molecule has 4 rings (SSSR count). The summed E-state index contributed by atoms with van der Waals surface area (Å²) in [5, 5.41) is 13.9. The number of nitriles is 1. The number of phosphoric acid groups is 1. The van der Waals surface area contributed by atoms with Crippen molar-refractivity contribution < 1.29 is 32.0 Å². The molecule has 4 aromatic rings. The monoisotopic (exact) mass is 553 g/mol. The van der Waals surface area contributed by atoms with E-state index in [1.54, 1.807) is 12.1 Å². The van der Waals surface area contributed by atoms with E-state index in [2.05, 4.69) is 14.6 Å². The lowest BCUT2D eigenvalue weighted by molar-refractivity contribution is -0.138. The molecule has 10 nitrogen and oxygen atoms in total. The first-order valence-corrected chi connectivity index (χ1v) is 12.3. The summed E-state index contributed by atoms with van der Waals surface area (Å²) in [6, 6.07) is 9.88. The van der Waals surface area contributed by atoms with Crippen molar-refractivity contribution in [1.29, 1.82) is 5.26 Å². The van der Waals surface area contributed by atoms with Crippen molar-refractivity contribution in [3.63, 3.8) is 0 Å². The summed E-state index contributed by atoms with van der Waals surface area (Å²) in [7, 11) is -4.83. The number of halogens is 4. The lowest BCUT2D eigenvalue weighted by Gasteiger charge is -2.15. The molecule has 0 spiro atoms. The number of benzene rings is 1. The molecule has 0 saturated carbocycles. The number of alkyl halides is 3. The smallest absolute Gasteiger partial charge is 0.309 e. The standard InChI is InChI=1S/C22H16ClF3N5O5P/c23-15-7-13(6-14(8-15)10-27)9-17-18(22(24,25)26)3-5-30(21(17)32)11-19-16-2-1-4-28-20(16)31(29-19)12-36-37(33,34)35/h1-8H,9,11-12H2,(H2,33,34,35). The predicted octanol–water partition coefficient (Wildman–Crippen LogP) is 3.84. The van der Waals surface area contributed by atoms with Crippen molar-refractivity contribution in [2.75, 3.05) is 0 Å². The summed E-state index contributed by atoms with van der Waals surface area (Å²) < 4.78 is 59.0. The van der Waals surface area contributed by atoms with Crippen LogP contribution in [0.4, 0.5) is 13.2 Å². The van der Waals surface area contributed by atoms with Gasteiger partial charge in [0.1, 0.15) is 0 Å². The number of phosphoric ester groups is 1. The van der Waals surface area contributed by atoms with Crippen molar-refractivity contribution in [2.45, 2.75) is 25.9 Å². The molecule has 37 heavy (non-hydrogen) atoms. The molecule has 0 atom stereocenters. The minimum atomic E-state index is -4.83. The van der Waals surface area contributed by atoms with Gasteiger partial charge in [-0.25, -0.2) is 14.2 Å². The van der Waals surface area contributed by atoms with Crippen LogP contribution in [0.1, 0.15) is 27.9 Å². The summed E-state index contributed by atoms with van der Waals surface area (Å²) in [6.07, 6.45) is -2.86. The summed E-state index contributed by atoms with van der Waals surface area (Å²) in [5.41, 5.74) is -1.83. The third-order valence-corrected chi connectivity index (χ3v) is 5.96. The van der Waals surface area contributed by atoms with Crippen LogP contribution in [0.25, 0.3) is 11.0 Å². The number of aromatic nitrogens is 4. The van der Waals surface area contributed by atoms with Crippen LogP contribution < -0.4 is 5.56 Å². The molecule has 2 N–H and O–H groups in total. The summed E-state index contributed by atoms with van der Waals surface area (Å²) in [5.74, 6) is 0. The number of hydrogen-bond acceptors (Lipinski definition) is 6. The second-order valence-electron chi connectivity index (χ2n) is 7.85. The Morgan fingerprint density at radius 1 is 1.22 bits per heavy atom. The minimum absolute atomic E-state index is 0.134. The van der Waals surface area contributed by atoms with Gasteiger partial charge in [-0.1, -0.05) is 11.6 Å². The van der Waals surface area contributed by atoms with Gasteiger partial charge >= 0.3 is 14.0 Å². The quantitative estimate of drug-likeness (QED) is 0.329. The number of nitrogens with zero attached hydrogens (tertiary/aromatic N) is 5. The molecular weight excluding hydrogens is 538 g/mol. The Balaban J connectivity index is 1.78. The van der Waals surface area contributed by atoms with Crippen LogP contribution >= 0.6 is 19.4 Å². The lowest BCUT2D eigenvalue weighted by atomic mass is 9.99. The second kappa shape index (κ2) is 10.1. The van der Waals surface area contributed by atoms with Gasteiger partial charge in [0, 0.05) is 34.8 Å². The molecule has 0 aliphatic heterocycles. The van der Waals surface area contributed by atoms with E-state index < -0.39 is 43.8 Å². The molecule has 15 heteroatoms. The summed E-state index contributed by atoms with van der Waals surface area (Å²) in [4.78, 5) is 35.3. The van der Waals surface area contributed by atoms with E-state index in [1.807, 2.05) is 6.07 Å². The molecule has 1 aromatic carbocycles. The Bertz CT molecular complexity index is 1640. The third-order valence-electron chi connectivity index (χ3n) is 5.29. The Morgan fingerprint density at radius 2 is 1.97 bits per heavy atom. The number of pyridine rings is 2. The van der Waals surface area contributed by atoms with Crippen LogP contribution in [0.2, 0.25) is 5.02 Å². The van der Waals surface area contributed by atoms with Crippen LogP contribution in [0.3, 0.4) is 0 Å². The molecule has 3 heterocycles. The average Bonchev–Trinajstić information content (AvgIpc) is 3.16. The number of rotatable bonds is 7. The van der Waals surface area contributed by atoms with E-state index >= 15 is 0 Å². The fourth-order valence-corrected chi connectivity index (χ4v) is 4.29. The normalized spacial score (nSPS) is 12.1. The van der Waals surface area contributed by atoms with Gasteiger partial charge in [-0.3, -0.25) is 9.32 Å². The van der Waals surface area contributed by atoms with E-state index in [4.69, 9.17) is 26.6 Å². The van der Waals surface area contributed by atoms with E-state index in [1.165, 1.54) is 24.4 Å². The maximum atomic E-state index is 13.8. The highest BCUT2D eigenvalue weighted by molar-refractivity contribution is 7.46. The zero-order valence-corrected chi connectivity index (χ0v) is 20.2. The second-order valence-corrected chi connectivity index (χ2v) is 9.52. The Morgan fingerprint density at radius 3 is 2.65 bits per heavy atom. The van der Waals surface area contributed by atoms with Gasteiger partial charge in [-0.2, -0.15) is 23.5 Å². The first-order valence-electron chi connectivity index (χ1n) is 10.4. The van der Waals surface area contributed by atoms with Crippen LogP contribution in [0, 0.1) is 11.3 Å². The molecule has 3 aromatic heterocycles. The molecule has 0 radical (unpaired) electrons. The SMILES string of the molecule is N#Cc1cc(Cl)cc(Cc2c(C(F)(F)F)ccn(Cc3nn(COP(=O)(O)O)c4ncccc34)c2=O)c1. The average molecular weight is 554 g/mol. The molecule has 0 unspecified atom stereocenters. The zero-order valence-electron chi connectivity index (χ0n) is 18.6. The maximum absolute atomic E-state index is 13.8. The van der Waals surface area contributed by atoms with E-state index in [-0.39, 0.29) is 34.0 Å². The van der Waals surface area contributed by atoms with Crippen molar-refractivity contribution in [1.82, 2.24) is 19.3 Å². The van der Waals surface area contributed by atoms with E-state index in [0.717, 1.165) is 21.5 Å². The topological polar surface area (TPSA) is 143 Å². The van der Waals surface area contributed by atoms with E-state index in [9.17, 15) is 22.5 Å².